The third-order valence-corrected chi connectivity index (χ3v) is 8.04. The van der Waals surface area contributed by atoms with Gasteiger partial charge in [-0.15, -0.1) is 0 Å². The van der Waals surface area contributed by atoms with Gasteiger partial charge in [-0.05, 0) is 79.6 Å². The number of alkyl halides is 3. The molecule has 0 amide bonds. The predicted molar refractivity (Wildman–Crippen MR) is 178 cm³/mol. The highest BCUT2D eigenvalue weighted by Crippen LogP contribution is 2.37. The lowest BCUT2D eigenvalue weighted by molar-refractivity contribution is -0.206. The van der Waals surface area contributed by atoms with Crippen molar-refractivity contribution < 1.29 is 46.5 Å². The number of ether oxygens (including phenoxy) is 3. The number of hydrogen-bond donors (Lipinski definition) is 1. The average molecular weight is 675 g/mol. The Morgan fingerprint density at radius 1 is 0.750 bits per heavy atom. The molecule has 10 heteroatoms. The lowest BCUT2D eigenvalue weighted by Gasteiger charge is -2.21. The van der Waals surface area contributed by atoms with Crippen molar-refractivity contribution in [2.24, 2.45) is 0 Å². The zero-order chi connectivity index (χ0) is 34.9. The van der Waals surface area contributed by atoms with E-state index >= 15 is 4.39 Å². The second kappa shape index (κ2) is 19.8. The zero-order valence-corrected chi connectivity index (χ0v) is 27.8. The van der Waals surface area contributed by atoms with E-state index in [1.54, 1.807) is 24.3 Å². The van der Waals surface area contributed by atoms with E-state index in [0.717, 1.165) is 12.8 Å². The van der Waals surface area contributed by atoms with Gasteiger partial charge in [0.25, 0.3) is 0 Å². The predicted octanol–water partition coefficient (Wildman–Crippen LogP) is 10.7. The summed E-state index contributed by atoms with van der Waals surface area (Å²) in [5.41, 5.74) is 0.522. The number of carboxylic acid groups (broad SMARTS) is 1. The summed E-state index contributed by atoms with van der Waals surface area (Å²) in [6.45, 7) is 5.59. The van der Waals surface area contributed by atoms with Gasteiger partial charge < -0.3 is 19.3 Å². The van der Waals surface area contributed by atoms with Crippen molar-refractivity contribution in [3.8, 4) is 28.0 Å². The van der Waals surface area contributed by atoms with Crippen LogP contribution in [-0.2, 0) is 9.47 Å². The molecule has 0 aromatic heterocycles. The van der Waals surface area contributed by atoms with E-state index in [1.807, 2.05) is 6.92 Å². The Bertz CT molecular complexity index is 1420. The molecule has 6 nitrogen and oxygen atoms in total. The summed E-state index contributed by atoms with van der Waals surface area (Å²) in [6, 6.07) is 14.9. The summed E-state index contributed by atoms with van der Waals surface area (Å²) in [6.07, 6.45) is 2.09. The number of benzene rings is 3. The van der Waals surface area contributed by atoms with Crippen LogP contribution in [0.25, 0.3) is 22.3 Å². The maximum absolute atomic E-state index is 15.7. The number of unbranched alkanes of at least 4 members (excludes halogenated alkanes) is 8. The van der Waals surface area contributed by atoms with Crippen molar-refractivity contribution in [1.29, 1.82) is 0 Å². The van der Waals surface area contributed by atoms with Gasteiger partial charge in [-0.25, -0.2) is 14.0 Å². The Morgan fingerprint density at radius 2 is 1.35 bits per heavy atom. The molecule has 262 valence electrons. The molecule has 0 bridgehead atoms. The number of carboxylic acids is 1. The van der Waals surface area contributed by atoms with E-state index in [2.05, 4.69) is 6.92 Å². The summed E-state index contributed by atoms with van der Waals surface area (Å²) in [5.74, 6) is -2.94. The fraction of sp³-hybridized carbons (Fsp3) is 0.474. The Balaban J connectivity index is 1.74. The number of carbonyl (C=O) groups excluding carboxylic acids is 1. The third-order valence-electron chi connectivity index (χ3n) is 8.04. The molecule has 0 saturated heterocycles. The molecule has 3 rings (SSSR count). The second-order valence-corrected chi connectivity index (χ2v) is 11.7. The van der Waals surface area contributed by atoms with E-state index in [4.69, 9.17) is 14.2 Å². The van der Waals surface area contributed by atoms with E-state index in [1.165, 1.54) is 68.5 Å². The monoisotopic (exact) mass is 674 g/mol. The highest BCUT2D eigenvalue weighted by Gasteiger charge is 2.42. The molecule has 0 aliphatic heterocycles. The molecule has 0 radical (unpaired) electrons. The quantitative estimate of drug-likeness (QED) is 0.0688. The van der Waals surface area contributed by atoms with Gasteiger partial charge >= 0.3 is 18.1 Å². The normalized spacial score (nSPS) is 12.1. The number of carbonyl (C=O) groups is 2. The van der Waals surface area contributed by atoms with Gasteiger partial charge in [0.1, 0.15) is 11.6 Å². The van der Waals surface area contributed by atoms with Crippen LogP contribution in [0.1, 0.15) is 105 Å². The van der Waals surface area contributed by atoms with E-state index in [9.17, 15) is 27.9 Å². The highest BCUT2D eigenvalue weighted by molar-refractivity contribution is 5.95. The smallest absolute Gasteiger partial charge is 0.425 e. The average Bonchev–Trinajstić information content (AvgIpc) is 3.06. The van der Waals surface area contributed by atoms with Gasteiger partial charge in [0, 0.05) is 18.8 Å². The van der Waals surface area contributed by atoms with Crippen molar-refractivity contribution in [3.05, 3.63) is 77.6 Å². The maximum atomic E-state index is 15.7. The molecule has 0 saturated carbocycles. The fourth-order valence-electron chi connectivity index (χ4n) is 5.36. The van der Waals surface area contributed by atoms with Crippen molar-refractivity contribution in [2.75, 3.05) is 19.8 Å². The topological polar surface area (TPSA) is 82.1 Å². The molecule has 0 spiro atoms. The zero-order valence-electron chi connectivity index (χ0n) is 27.8. The molecule has 0 heterocycles. The molecule has 1 unspecified atom stereocenters. The molecule has 3 aromatic carbocycles. The van der Waals surface area contributed by atoms with Gasteiger partial charge in [-0.2, -0.15) is 13.2 Å². The van der Waals surface area contributed by atoms with Gasteiger partial charge in [0.05, 0.1) is 17.7 Å². The molecule has 0 aliphatic rings. The maximum Gasteiger partial charge on any atom is 0.425 e. The van der Waals surface area contributed by atoms with E-state index in [0.29, 0.717) is 49.5 Å². The van der Waals surface area contributed by atoms with Crippen molar-refractivity contribution in [2.45, 2.75) is 96.8 Å². The number of hydrogen-bond acceptors (Lipinski definition) is 5. The lowest BCUT2D eigenvalue weighted by atomic mass is 9.91. The number of esters is 1. The fourth-order valence-corrected chi connectivity index (χ4v) is 5.36. The summed E-state index contributed by atoms with van der Waals surface area (Å²) in [7, 11) is 0. The molecule has 1 atom stereocenters. The van der Waals surface area contributed by atoms with Crippen LogP contribution in [0.2, 0.25) is 0 Å². The first-order valence-corrected chi connectivity index (χ1v) is 16.8. The molecule has 0 fully saturated rings. The summed E-state index contributed by atoms with van der Waals surface area (Å²) in [5, 5.41) is 9.58. The van der Waals surface area contributed by atoms with Crippen molar-refractivity contribution in [3.63, 3.8) is 0 Å². The number of halogens is 4. The van der Waals surface area contributed by atoms with Crippen molar-refractivity contribution in [1.82, 2.24) is 0 Å². The second-order valence-electron chi connectivity index (χ2n) is 11.7. The van der Waals surface area contributed by atoms with Crippen LogP contribution in [0.5, 0.6) is 5.75 Å². The Labute approximate surface area is 280 Å². The van der Waals surface area contributed by atoms with Gasteiger partial charge in [0.15, 0.2) is 6.10 Å². The molecule has 1 N–H and O–H groups in total. The molecule has 48 heavy (non-hydrogen) atoms. The van der Waals surface area contributed by atoms with Crippen LogP contribution in [-0.4, -0.2) is 49.1 Å². The van der Waals surface area contributed by atoms with Crippen LogP contribution in [0.4, 0.5) is 17.6 Å². The largest absolute Gasteiger partial charge is 0.494 e. The number of aromatic carboxylic acids is 1. The van der Waals surface area contributed by atoms with Gasteiger partial charge in [0.2, 0.25) is 0 Å². The van der Waals surface area contributed by atoms with Crippen LogP contribution < -0.4 is 4.74 Å². The SMILES string of the molecule is CCCCCCCCCOc1ccc(-c2ccc(C(=O)O)c(F)c2-c2ccc(C(=O)OC(CCCCCOCC)C(F)(F)F)cc2)cc1. The summed E-state index contributed by atoms with van der Waals surface area (Å²) in [4.78, 5) is 24.5. The van der Waals surface area contributed by atoms with Crippen LogP contribution in [0.15, 0.2) is 60.7 Å². The minimum Gasteiger partial charge on any atom is -0.494 e. The Kier molecular flexibility index (Phi) is 15.9. The molecule has 3 aromatic rings. The molecular formula is C38H46F4O6. The Hall–Kier alpha value is -3.92. The van der Waals surface area contributed by atoms with Crippen LogP contribution >= 0.6 is 0 Å². The third kappa shape index (κ3) is 12.0. The van der Waals surface area contributed by atoms with Gasteiger partial charge in [-0.3, -0.25) is 0 Å². The van der Waals surface area contributed by atoms with Crippen LogP contribution in [0.3, 0.4) is 0 Å². The number of rotatable bonds is 21. The van der Waals surface area contributed by atoms with Gasteiger partial charge in [-0.1, -0.05) is 82.2 Å². The minimum absolute atomic E-state index is 0.0215. The molecular weight excluding hydrogens is 628 g/mol. The first kappa shape index (κ1) is 38.5. The first-order valence-electron chi connectivity index (χ1n) is 16.8. The highest BCUT2D eigenvalue weighted by atomic mass is 19.4. The Morgan fingerprint density at radius 3 is 1.98 bits per heavy atom. The lowest BCUT2D eigenvalue weighted by Crippen LogP contribution is -2.33. The van der Waals surface area contributed by atoms with Crippen molar-refractivity contribution >= 4 is 11.9 Å². The summed E-state index contributed by atoms with van der Waals surface area (Å²) >= 11 is 0. The minimum atomic E-state index is -4.74. The van der Waals surface area contributed by atoms with Crippen LogP contribution in [0, 0.1) is 5.82 Å². The van der Waals surface area contributed by atoms with E-state index in [-0.39, 0.29) is 29.5 Å². The standard InChI is InChI=1S/C38H46F4O6/c1-3-5-6-7-8-9-13-26-47-30-21-19-27(20-22-30)31-23-24-32(36(43)44)35(39)34(31)28-15-17-29(18-16-28)37(45)48-33(38(40,41)42)14-11-10-12-25-46-4-2/h15-24,33H,3-14,25-26H2,1-2H3,(H,43,44). The van der Waals surface area contributed by atoms with E-state index < -0.39 is 35.6 Å². The summed E-state index contributed by atoms with van der Waals surface area (Å²) < 4.78 is 72.5. The first-order chi connectivity index (χ1) is 23.1. The molecule has 0 aliphatic carbocycles.